The Morgan fingerprint density at radius 2 is 1.79 bits per heavy atom. The van der Waals surface area contributed by atoms with E-state index < -0.39 is 29.7 Å². The van der Waals surface area contributed by atoms with E-state index >= 15 is 0 Å². The van der Waals surface area contributed by atoms with E-state index in [9.17, 15) is 32.3 Å². The predicted octanol–water partition coefficient (Wildman–Crippen LogP) is 4.90. The minimum absolute atomic E-state index is 0.0664. The lowest BCUT2D eigenvalue weighted by Gasteiger charge is -2.35. The maximum atomic E-state index is 13.5. The van der Waals surface area contributed by atoms with Crippen LogP contribution in [-0.4, -0.2) is 92.5 Å². The predicted molar refractivity (Wildman–Crippen MR) is 206 cm³/mol. The number of piperidine rings is 1. The average Bonchev–Trinajstić information content (AvgIpc) is 3.89. The molecule has 3 amide bonds. The van der Waals surface area contributed by atoms with E-state index in [2.05, 4.69) is 32.5 Å². The summed E-state index contributed by atoms with van der Waals surface area (Å²) in [4.78, 5) is 59.0. The van der Waals surface area contributed by atoms with Gasteiger partial charge in [0, 0.05) is 57.5 Å². The summed E-state index contributed by atoms with van der Waals surface area (Å²) in [7, 11) is 5.59. The van der Waals surface area contributed by atoms with E-state index in [4.69, 9.17) is 9.84 Å². The number of likely N-dealkylation sites (N-methyl/N-ethyl adjacent to an activating group) is 1. The first-order chi connectivity index (χ1) is 27.3. The molecule has 1 aliphatic carbocycles. The van der Waals surface area contributed by atoms with Crippen LogP contribution in [0.3, 0.4) is 0 Å². The Labute approximate surface area is 325 Å². The lowest BCUT2D eigenvalue weighted by atomic mass is 9.85. The molecule has 5 aromatic rings. The first kappa shape index (κ1) is 38.3. The van der Waals surface area contributed by atoms with E-state index in [0.29, 0.717) is 30.2 Å². The van der Waals surface area contributed by atoms with Crippen LogP contribution in [0.1, 0.15) is 66.8 Å². The van der Waals surface area contributed by atoms with Crippen molar-refractivity contribution >= 4 is 51.0 Å². The fraction of sp³-hybridized carbons (Fsp3) is 0.450. The second-order valence-corrected chi connectivity index (χ2v) is 15.4. The number of carbonyl (C=O) groups is 3. The number of rotatable bonds is 9. The van der Waals surface area contributed by atoms with Gasteiger partial charge in [-0.1, -0.05) is 12.1 Å². The van der Waals surface area contributed by atoms with Crippen molar-refractivity contribution in [2.45, 2.75) is 68.9 Å². The molecule has 1 unspecified atom stereocenters. The Kier molecular flexibility index (Phi) is 10.1. The SMILES string of the molecule is CO[C@@H]1CN(c2cccc3c2n(C)c(=O)n3C2CCC(=O)NC2=O)C[C@@H]1N(C)CC1CCC(n2cc3cc(NC(=O)c4cccc(C(F)(F)F)n4)ccc3n2)CC1. The molecule has 3 atom stereocenters. The van der Waals surface area contributed by atoms with Crippen molar-refractivity contribution in [1.29, 1.82) is 0 Å². The molecule has 2 saturated heterocycles. The molecule has 17 heteroatoms. The smallest absolute Gasteiger partial charge is 0.378 e. The van der Waals surface area contributed by atoms with E-state index in [1.807, 2.05) is 29.1 Å². The van der Waals surface area contributed by atoms with Crippen molar-refractivity contribution in [1.82, 2.24) is 34.1 Å². The first-order valence-electron chi connectivity index (χ1n) is 19.1. The molecule has 0 bridgehead atoms. The number of pyridine rings is 1. The van der Waals surface area contributed by atoms with Crippen LogP contribution in [0.2, 0.25) is 0 Å². The number of halogens is 3. The van der Waals surface area contributed by atoms with Crippen LogP contribution in [-0.2, 0) is 27.5 Å². The Morgan fingerprint density at radius 1 is 1.02 bits per heavy atom. The van der Waals surface area contributed by atoms with Crippen molar-refractivity contribution < 1.29 is 32.3 Å². The van der Waals surface area contributed by atoms with Gasteiger partial charge in [0.15, 0.2) is 0 Å². The standard InChI is InChI=1S/C40H44F3N9O5/c1-48(32-21-50(22-33(32)57-3)29-7-5-8-30-36(29)49(2)39(56)52(30)31-16-17-35(53)46-38(31)55)19-23-10-13-26(14-11-23)51-20-24-18-25(12-15-27(24)47-51)44-37(54)28-6-4-9-34(45-28)40(41,42)43/h4-9,12,15,18,20,23,26,31-33H,10-11,13-14,16-17,19,21-22H2,1-3H3,(H,44,54)(H,46,53,55)/t23?,26?,31?,32-,33+/m0/s1. The van der Waals surface area contributed by atoms with Crippen molar-refractivity contribution in [2.24, 2.45) is 13.0 Å². The Balaban J connectivity index is 0.897. The Hall–Kier alpha value is -5.55. The summed E-state index contributed by atoms with van der Waals surface area (Å²) in [6, 6.07) is 13.8. The average molecular weight is 788 g/mol. The van der Waals surface area contributed by atoms with Crippen LogP contribution < -0.4 is 21.2 Å². The molecule has 3 aromatic heterocycles. The number of para-hydroxylation sites is 1. The number of aromatic nitrogens is 5. The van der Waals surface area contributed by atoms with Gasteiger partial charge in [0.1, 0.15) is 17.4 Å². The second-order valence-electron chi connectivity index (χ2n) is 15.4. The van der Waals surface area contributed by atoms with Gasteiger partial charge in [0.25, 0.3) is 5.91 Å². The number of anilines is 2. The van der Waals surface area contributed by atoms with Crippen molar-refractivity contribution in [3.63, 3.8) is 0 Å². The van der Waals surface area contributed by atoms with Crippen LogP contribution in [0.15, 0.2) is 65.6 Å². The lowest BCUT2D eigenvalue weighted by Crippen LogP contribution is -2.44. The summed E-state index contributed by atoms with van der Waals surface area (Å²) >= 11 is 0. The minimum atomic E-state index is -4.65. The number of alkyl halides is 3. The van der Waals surface area contributed by atoms with Crippen LogP contribution in [0, 0.1) is 5.92 Å². The van der Waals surface area contributed by atoms with E-state index in [1.165, 1.54) is 10.6 Å². The zero-order valence-corrected chi connectivity index (χ0v) is 31.8. The highest BCUT2D eigenvalue weighted by Gasteiger charge is 2.39. The van der Waals surface area contributed by atoms with E-state index in [-0.39, 0.29) is 48.3 Å². The Bertz CT molecular complexity index is 2410. The van der Waals surface area contributed by atoms with Gasteiger partial charge in [0.2, 0.25) is 11.8 Å². The second kappa shape index (κ2) is 15.1. The molecular formula is C40H44F3N9O5. The first-order valence-corrected chi connectivity index (χ1v) is 19.1. The number of aryl methyl sites for hydroxylation is 1. The number of hydrogen-bond acceptors (Lipinski definition) is 9. The summed E-state index contributed by atoms with van der Waals surface area (Å²) in [5.74, 6) is -1.05. The number of carbonyl (C=O) groups excluding carboxylic acids is 3. The summed E-state index contributed by atoms with van der Waals surface area (Å²) < 4.78 is 50.4. The lowest BCUT2D eigenvalue weighted by molar-refractivity contribution is -0.141. The Morgan fingerprint density at radius 3 is 2.53 bits per heavy atom. The molecule has 5 heterocycles. The van der Waals surface area contributed by atoms with Gasteiger partial charge in [-0.25, -0.2) is 9.78 Å². The quantitative estimate of drug-likeness (QED) is 0.199. The van der Waals surface area contributed by atoms with Crippen molar-refractivity contribution in [3.8, 4) is 0 Å². The molecule has 2 aromatic carbocycles. The number of imide groups is 1. The fourth-order valence-corrected chi connectivity index (χ4v) is 8.87. The largest absolute Gasteiger partial charge is 0.433 e. The molecule has 0 spiro atoms. The molecule has 3 aliphatic rings. The van der Waals surface area contributed by atoms with Crippen LogP contribution in [0.25, 0.3) is 21.9 Å². The third-order valence-electron chi connectivity index (χ3n) is 11.8. The highest BCUT2D eigenvalue weighted by molar-refractivity contribution is 6.04. The van der Waals surface area contributed by atoms with E-state index in [0.717, 1.165) is 66.5 Å². The number of fused-ring (bicyclic) bond motifs is 2. The van der Waals surface area contributed by atoms with Gasteiger partial charge >= 0.3 is 11.9 Å². The summed E-state index contributed by atoms with van der Waals surface area (Å²) in [5, 5.41) is 10.6. The highest BCUT2D eigenvalue weighted by Crippen LogP contribution is 2.36. The maximum absolute atomic E-state index is 13.5. The molecule has 300 valence electrons. The normalized spacial score (nSPS) is 23.1. The summed E-state index contributed by atoms with van der Waals surface area (Å²) in [5.41, 5.74) is 1.73. The van der Waals surface area contributed by atoms with Crippen LogP contribution in [0.5, 0.6) is 0 Å². The molecule has 3 fully saturated rings. The topological polar surface area (TPSA) is 149 Å². The number of benzene rings is 2. The number of nitrogens with zero attached hydrogens (tertiary/aromatic N) is 7. The van der Waals surface area contributed by atoms with Gasteiger partial charge in [-0.05, 0) is 87.5 Å². The molecule has 57 heavy (non-hydrogen) atoms. The summed E-state index contributed by atoms with van der Waals surface area (Å²) in [6.45, 7) is 2.22. The van der Waals surface area contributed by atoms with Gasteiger partial charge in [-0.2, -0.15) is 18.3 Å². The number of ether oxygens (including phenoxy) is 1. The van der Waals surface area contributed by atoms with E-state index in [1.54, 1.807) is 36.9 Å². The summed E-state index contributed by atoms with van der Waals surface area (Å²) in [6.07, 6.45) is 1.61. The molecule has 2 N–H and O–H groups in total. The van der Waals surface area contributed by atoms with Gasteiger partial charge in [-0.15, -0.1) is 0 Å². The monoisotopic (exact) mass is 787 g/mol. The number of hydrogen-bond donors (Lipinski definition) is 2. The van der Waals surface area contributed by atoms with Gasteiger partial charge in [-0.3, -0.25) is 38.4 Å². The number of nitrogens with one attached hydrogen (secondary N) is 2. The van der Waals surface area contributed by atoms with Crippen molar-refractivity contribution in [2.75, 3.05) is 44.0 Å². The number of amides is 3. The van der Waals surface area contributed by atoms with Crippen molar-refractivity contribution in [3.05, 3.63) is 82.7 Å². The molecule has 14 nitrogen and oxygen atoms in total. The third-order valence-corrected chi connectivity index (χ3v) is 11.8. The molecule has 1 saturated carbocycles. The number of imidazole rings is 1. The zero-order valence-electron chi connectivity index (χ0n) is 31.8. The number of methoxy groups -OCH3 is 1. The van der Waals surface area contributed by atoms with Crippen LogP contribution >= 0.6 is 0 Å². The third kappa shape index (κ3) is 7.41. The maximum Gasteiger partial charge on any atom is 0.433 e. The van der Waals surface area contributed by atoms with Gasteiger partial charge in [0.05, 0.1) is 40.4 Å². The molecular weight excluding hydrogens is 743 g/mol. The molecule has 0 radical (unpaired) electrons. The minimum Gasteiger partial charge on any atom is -0.378 e. The van der Waals surface area contributed by atoms with Gasteiger partial charge < -0.3 is 15.0 Å². The highest BCUT2D eigenvalue weighted by atomic mass is 19.4. The van der Waals surface area contributed by atoms with Crippen LogP contribution in [0.4, 0.5) is 24.5 Å². The molecule has 2 aliphatic heterocycles. The zero-order chi connectivity index (χ0) is 40.2. The molecule has 8 rings (SSSR count). The fourth-order valence-electron chi connectivity index (χ4n) is 8.87.